The van der Waals surface area contributed by atoms with Gasteiger partial charge in [0, 0.05) is 31.7 Å². The summed E-state index contributed by atoms with van der Waals surface area (Å²) in [6.45, 7) is 1.16. The van der Waals surface area contributed by atoms with E-state index in [2.05, 4.69) is 15.3 Å². The molecule has 0 unspecified atom stereocenters. The Kier molecular flexibility index (Phi) is 5.41. The van der Waals surface area contributed by atoms with Crippen molar-refractivity contribution >= 4 is 5.91 Å². The number of nitrogens with zero attached hydrogens (tertiary/aromatic N) is 3. The molecule has 3 rings (SSSR count). The lowest BCUT2D eigenvalue weighted by atomic mass is 10.1. The Hall–Kier alpha value is -3.15. The molecule has 6 nitrogen and oxygen atoms in total. The molecule has 0 aliphatic heterocycles. The molecule has 6 heteroatoms. The molecule has 0 saturated heterocycles. The number of amides is 1. The lowest BCUT2D eigenvalue weighted by Gasteiger charge is -2.09. The van der Waals surface area contributed by atoms with Gasteiger partial charge in [0.05, 0.1) is 13.5 Å². The summed E-state index contributed by atoms with van der Waals surface area (Å²) in [6, 6.07) is 13.2. The number of pyridine rings is 1. The molecule has 1 N–H and O–H groups in total. The van der Waals surface area contributed by atoms with Crippen LogP contribution in [0.25, 0.3) is 11.5 Å². The van der Waals surface area contributed by atoms with Crippen LogP contribution >= 0.6 is 0 Å². The highest BCUT2D eigenvalue weighted by Crippen LogP contribution is 2.14. The van der Waals surface area contributed by atoms with Crippen LogP contribution in [-0.4, -0.2) is 34.1 Å². The number of carbonyl (C=O) groups is 1. The second kappa shape index (κ2) is 8.10. The SMILES string of the molecule is COc1cccc(CC(=O)NCCn2ccnc2-c2ccccn2)c1. The highest BCUT2D eigenvalue weighted by Gasteiger charge is 2.08. The topological polar surface area (TPSA) is 69.0 Å². The molecule has 128 valence electrons. The number of rotatable bonds is 7. The van der Waals surface area contributed by atoms with Gasteiger partial charge in [0.15, 0.2) is 5.82 Å². The van der Waals surface area contributed by atoms with Crippen LogP contribution in [0.4, 0.5) is 0 Å². The maximum Gasteiger partial charge on any atom is 0.224 e. The molecule has 0 aliphatic carbocycles. The van der Waals surface area contributed by atoms with Crippen LogP contribution in [0.1, 0.15) is 5.56 Å². The molecule has 0 spiro atoms. The molecule has 3 aromatic rings. The van der Waals surface area contributed by atoms with Crippen molar-refractivity contribution in [3.63, 3.8) is 0 Å². The summed E-state index contributed by atoms with van der Waals surface area (Å²) < 4.78 is 7.15. The minimum absolute atomic E-state index is 0.0206. The molecular formula is C19H20N4O2. The zero-order valence-electron chi connectivity index (χ0n) is 14.1. The van der Waals surface area contributed by atoms with Crippen LogP contribution in [0.2, 0.25) is 0 Å². The van der Waals surface area contributed by atoms with Gasteiger partial charge in [-0.15, -0.1) is 0 Å². The first-order chi connectivity index (χ1) is 12.3. The lowest BCUT2D eigenvalue weighted by molar-refractivity contribution is -0.120. The zero-order valence-corrected chi connectivity index (χ0v) is 14.1. The third-order valence-electron chi connectivity index (χ3n) is 3.78. The number of nitrogens with one attached hydrogen (secondary N) is 1. The molecule has 0 saturated carbocycles. The second-order valence-electron chi connectivity index (χ2n) is 5.54. The standard InChI is InChI=1S/C19H20N4O2/c1-25-16-6-4-5-15(13-16)14-18(24)21-9-11-23-12-10-22-19(23)17-7-2-3-8-20-17/h2-8,10,12-13H,9,11,14H2,1H3,(H,21,24). The van der Waals surface area contributed by atoms with Crippen LogP contribution in [0.5, 0.6) is 5.75 Å². The van der Waals surface area contributed by atoms with E-state index in [0.29, 0.717) is 19.5 Å². The molecule has 25 heavy (non-hydrogen) atoms. The zero-order chi connectivity index (χ0) is 17.5. The van der Waals surface area contributed by atoms with Gasteiger partial charge in [0.25, 0.3) is 0 Å². The molecule has 0 atom stereocenters. The summed E-state index contributed by atoms with van der Waals surface area (Å²) in [5.74, 6) is 1.53. The number of imidazole rings is 1. The number of aromatic nitrogens is 3. The molecule has 2 heterocycles. The Balaban J connectivity index is 1.53. The van der Waals surface area contributed by atoms with E-state index in [-0.39, 0.29) is 5.91 Å². The van der Waals surface area contributed by atoms with Crippen molar-refractivity contribution in [2.75, 3.05) is 13.7 Å². The number of carbonyl (C=O) groups excluding carboxylic acids is 1. The van der Waals surface area contributed by atoms with Gasteiger partial charge >= 0.3 is 0 Å². The first kappa shape index (κ1) is 16.7. The van der Waals surface area contributed by atoms with E-state index in [4.69, 9.17) is 4.74 Å². The Morgan fingerprint density at radius 1 is 1.16 bits per heavy atom. The lowest BCUT2D eigenvalue weighted by Crippen LogP contribution is -2.28. The van der Waals surface area contributed by atoms with E-state index >= 15 is 0 Å². The average molecular weight is 336 g/mol. The first-order valence-electron chi connectivity index (χ1n) is 8.08. The number of methoxy groups -OCH3 is 1. The van der Waals surface area contributed by atoms with Gasteiger partial charge in [-0.3, -0.25) is 9.78 Å². The van der Waals surface area contributed by atoms with Crippen LogP contribution in [0.3, 0.4) is 0 Å². The fourth-order valence-electron chi connectivity index (χ4n) is 2.56. The van der Waals surface area contributed by atoms with E-state index in [1.807, 2.05) is 53.2 Å². The Labute approximate surface area is 146 Å². The molecule has 0 bridgehead atoms. The van der Waals surface area contributed by atoms with Crippen LogP contribution in [-0.2, 0) is 17.8 Å². The van der Waals surface area contributed by atoms with Crippen molar-refractivity contribution in [3.05, 3.63) is 66.6 Å². The summed E-state index contributed by atoms with van der Waals surface area (Å²) in [6.07, 6.45) is 5.69. The number of hydrogen-bond acceptors (Lipinski definition) is 4. The molecule has 0 aliphatic rings. The van der Waals surface area contributed by atoms with Gasteiger partial charge < -0.3 is 14.6 Å². The molecule has 0 fully saturated rings. The smallest absolute Gasteiger partial charge is 0.224 e. The van der Waals surface area contributed by atoms with Gasteiger partial charge in [-0.05, 0) is 29.8 Å². The van der Waals surface area contributed by atoms with Gasteiger partial charge in [-0.25, -0.2) is 4.98 Å². The largest absolute Gasteiger partial charge is 0.497 e. The van der Waals surface area contributed by atoms with Crippen molar-refractivity contribution in [1.82, 2.24) is 19.9 Å². The predicted octanol–water partition coefficient (Wildman–Crippen LogP) is 2.31. The van der Waals surface area contributed by atoms with E-state index in [9.17, 15) is 4.79 Å². The fourth-order valence-corrected chi connectivity index (χ4v) is 2.56. The Bertz CT molecular complexity index is 830. The van der Waals surface area contributed by atoms with Crippen LogP contribution < -0.4 is 10.1 Å². The number of ether oxygens (including phenoxy) is 1. The van der Waals surface area contributed by atoms with Gasteiger partial charge in [-0.2, -0.15) is 0 Å². The predicted molar refractivity (Wildman–Crippen MR) is 95.2 cm³/mol. The summed E-state index contributed by atoms with van der Waals surface area (Å²) in [5.41, 5.74) is 1.74. The maximum absolute atomic E-state index is 12.1. The van der Waals surface area contributed by atoms with Crippen molar-refractivity contribution in [2.45, 2.75) is 13.0 Å². The summed E-state index contributed by atoms with van der Waals surface area (Å²) in [4.78, 5) is 20.8. The highest BCUT2D eigenvalue weighted by molar-refractivity contribution is 5.78. The van der Waals surface area contributed by atoms with Crippen molar-refractivity contribution in [3.8, 4) is 17.3 Å². The van der Waals surface area contributed by atoms with Crippen molar-refractivity contribution in [2.24, 2.45) is 0 Å². The van der Waals surface area contributed by atoms with Crippen molar-refractivity contribution in [1.29, 1.82) is 0 Å². The normalized spacial score (nSPS) is 10.4. The molecular weight excluding hydrogens is 316 g/mol. The Morgan fingerprint density at radius 3 is 2.88 bits per heavy atom. The monoisotopic (exact) mass is 336 g/mol. The third kappa shape index (κ3) is 4.44. The minimum atomic E-state index is -0.0206. The van der Waals surface area contributed by atoms with Gasteiger partial charge in [0.1, 0.15) is 11.4 Å². The van der Waals surface area contributed by atoms with Crippen LogP contribution in [0.15, 0.2) is 61.1 Å². The molecule has 1 amide bonds. The maximum atomic E-state index is 12.1. The van der Waals surface area contributed by atoms with E-state index < -0.39 is 0 Å². The average Bonchev–Trinajstić information content (AvgIpc) is 3.11. The quantitative estimate of drug-likeness (QED) is 0.719. The summed E-state index contributed by atoms with van der Waals surface area (Å²) in [7, 11) is 1.61. The van der Waals surface area contributed by atoms with E-state index in [1.54, 1.807) is 19.5 Å². The number of benzene rings is 1. The van der Waals surface area contributed by atoms with Crippen molar-refractivity contribution < 1.29 is 9.53 Å². The molecule has 2 aromatic heterocycles. The van der Waals surface area contributed by atoms with Gasteiger partial charge in [0.2, 0.25) is 5.91 Å². The minimum Gasteiger partial charge on any atom is -0.497 e. The summed E-state index contributed by atoms with van der Waals surface area (Å²) >= 11 is 0. The summed E-state index contributed by atoms with van der Waals surface area (Å²) in [5, 5.41) is 2.94. The number of hydrogen-bond donors (Lipinski definition) is 1. The first-order valence-corrected chi connectivity index (χ1v) is 8.08. The van der Waals surface area contributed by atoms with E-state index in [0.717, 1.165) is 22.8 Å². The fraction of sp³-hybridized carbons (Fsp3) is 0.211. The molecule has 1 aromatic carbocycles. The third-order valence-corrected chi connectivity index (χ3v) is 3.78. The van der Waals surface area contributed by atoms with Gasteiger partial charge in [-0.1, -0.05) is 18.2 Å². The molecule has 0 radical (unpaired) electrons. The Morgan fingerprint density at radius 2 is 2.08 bits per heavy atom. The van der Waals surface area contributed by atoms with E-state index in [1.165, 1.54) is 0 Å². The highest BCUT2D eigenvalue weighted by atomic mass is 16.5. The second-order valence-corrected chi connectivity index (χ2v) is 5.54. The van der Waals surface area contributed by atoms with Crippen LogP contribution in [0, 0.1) is 0 Å².